The van der Waals surface area contributed by atoms with Crippen molar-refractivity contribution in [2.24, 2.45) is 0 Å². The summed E-state index contributed by atoms with van der Waals surface area (Å²) in [5.41, 5.74) is -0.236. The smallest absolute Gasteiger partial charge is 0.212 e. The Kier molecular flexibility index (Phi) is 4.64. The average molecular weight is 261 g/mol. The molecule has 0 aliphatic heterocycles. The molecule has 3 nitrogen and oxygen atoms in total. The molecule has 1 fully saturated rings. The van der Waals surface area contributed by atoms with Gasteiger partial charge in [0, 0.05) is 11.6 Å². The quantitative estimate of drug-likeness (QED) is 0.706. The van der Waals surface area contributed by atoms with Crippen LogP contribution in [0.4, 0.5) is 0 Å². The molecule has 0 aromatic rings. The third-order valence-electron chi connectivity index (χ3n) is 3.49. The van der Waals surface area contributed by atoms with Crippen molar-refractivity contribution in [3.8, 4) is 0 Å². The second-order valence-corrected chi connectivity index (χ2v) is 8.40. The Labute approximate surface area is 107 Å². The van der Waals surface area contributed by atoms with Crippen molar-refractivity contribution in [3.63, 3.8) is 0 Å². The summed E-state index contributed by atoms with van der Waals surface area (Å²) in [6, 6.07) is 0.259. The van der Waals surface area contributed by atoms with E-state index in [1.165, 1.54) is 0 Å². The van der Waals surface area contributed by atoms with Crippen molar-refractivity contribution < 1.29 is 8.42 Å². The molecular formula is C13H27NO2S. The van der Waals surface area contributed by atoms with Crippen LogP contribution in [0, 0.1) is 0 Å². The van der Waals surface area contributed by atoms with Gasteiger partial charge in [-0.2, -0.15) is 4.31 Å². The summed E-state index contributed by atoms with van der Waals surface area (Å²) in [4.78, 5) is 0. The first-order valence-corrected chi connectivity index (χ1v) is 8.27. The molecule has 0 amide bonds. The fourth-order valence-electron chi connectivity index (χ4n) is 2.30. The lowest BCUT2D eigenvalue weighted by atomic mass is 9.97. The molecule has 0 saturated heterocycles. The highest BCUT2D eigenvalue weighted by atomic mass is 32.2. The molecule has 0 N–H and O–H groups in total. The Hall–Kier alpha value is -0.0900. The minimum atomic E-state index is -3.13. The maximum absolute atomic E-state index is 12.4. The van der Waals surface area contributed by atoms with Gasteiger partial charge in [0.1, 0.15) is 0 Å². The van der Waals surface area contributed by atoms with E-state index in [-0.39, 0.29) is 16.8 Å². The summed E-state index contributed by atoms with van der Waals surface area (Å²) in [5, 5.41) is -0.316. The molecule has 4 heteroatoms. The van der Waals surface area contributed by atoms with E-state index in [0.717, 1.165) is 32.1 Å². The fourth-order valence-corrected chi connectivity index (χ4v) is 4.16. The summed E-state index contributed by atoms with van der Waals surface area (Å²) in [6.07, 6.45) is 5.21. The molecule has 0 radical (unpaired) electrons. The van der Waals surface area contributed by atoms with Gasteiger partial charge < -0.3 is 0 Å². The molecule has 0 aromatic carbocycles. The summed E-state index contributed by atoms with van der Waals surface area (Å²) >= 11 is 0. The van der Waals surface area contributed by atoms with Gasteiger partial charge in [0.2, 0.25) is 10.0 Å². The molecule has 102 valence electrons. The second-order valence-electron chi connectivity index (χ2n) is 6.04. The van der Waals surface area contributed by atoms with E-state index >= 15 is 0 Å². The monoisotopic (exact) mass is 261 g/mol. The summed E-state index contributed by atoms with van der Waals surface area (Å²) in [7, 11) is -3.13. The van der Waals surface area contributed by atoms with Crippen LogP contribution in [0.2, 0.25) is 0 Å². The van der Waals surface area contributed by atoms with Gasteiger partial charge in [0.25, 0.3) is 0 Å². The van der Waals surface area contributed by atoms with Gasteiger partial charge in [0.15, 0.2) is 0 Å². The average Bonchev–Trinajstić information content (AvgIpc) is 2.98. The second kappa shape index (κ2) is 5.27. The number of sulfonamides is 1. The van der Waals surface area contributed by atoms with Crippen LogP contribution in [-0.2, 0) is 10.0 Å². The molecule has 0 bridgehead atoms. The molecule has 0 heterocycles. The van der Waals surface area contributed by atoms with Crippen LogP contribution in [0.5, 0.6) is 0 Å². The molecule has 0 aromatic heterocycles. The first kappa shape index (κ1) is 15.0. The third-order valence-corrected chi connectivity index (χ3v) is 6.02. The molecule has 1 saturated carbocycles. The van der Waals surface area contributed by atoms with Gasteiger partial charge in [0.05, 0.1) is 5.25 Å². The predicted octanol–water partition coefficient (Wildman–Crippen LogP) is 3.16. The van der Waals surface area contributed by atoms with Crippen LogP contribution in [0.1, 0.15) is 66.7 Å². The number of hydrogen-bond acceptors (Lipinski definition) is 2. The van der Waals surface area contributed by atoms with Crippen molar-refractivity contribution in [2.75, 3.05) is 0 Å². The van der Waals surface area contributed by atoms with Gasteiger partial charge in [-0.1, -0.05) is 19.8 Å². The lowest BCUT2D eigenvalue weighted by molar-refractivity contribution is 0.199. The number of unbranched alkanes of at least 4 members (excludes halogenated alkanes) is 1. The molecular weight excluding hydrogens is 234 g/mol. The molecule has 1 aliphatic carbocycles. The van der Waals surface area contributed by atoms with Gasteiger partial charge in [-0.3, -0.25) is 0 Å². The first-order valence-electron chi connectivity index (χ1n) is 6.77. The normalized spacial score (nSPS) is 18.1. The zero-order valence-electron chi connectivity index (χ0n) is 11.9. The molecule has 17 heavy (non-hydrogen) atoms. The highest BCUT2D eigenvalue weighted by molar-refractivity contribution is 7.89. The maximum Gasteiger partial charge on any atom is 0.217 e. The maximum atomic E-state index is 12.4. The molecule has 0 spiro atoms. The van der Waals surface area contributed by atoms with Gasteiger partial charge in [-0.25, -0.2) is 8.42 Å². The Morgan fingerprint density at radius 2 is 1.82 bits per heavy atom. The van der Waals surface area contributed by atoms with Crippen LogP contribution < -0.4 is 0 Å². The Morgan fingerprint density at radius 1 is 1.29 bits per heavy atom. The van der Waals surface area contributed by atoms with Crippen LogP contribution >= 0.6 is 0 Å². The number of nitrogens with zero attached hydrogens (tertiary/aromatic N) is 1. The van der Waals surface area contributed by atoms with E-state index in [1.54, 1.807) is 18.2 Å². The lowest BCUT2D eigenvalue weighted by Gasteiger charge is -2.39. The highest BCUT2D eigenvalue weighted by Crippen LogP contribution is 2.38. The summed E-state index contributed by atoms with van der Waals surface area (Å²) in [5.74, 6) is 0. The van der Waals surface area contributed by atoms with Crippen LogP contribution in [0.25, 0.3) is 0 Å². The Bertz CT molecular complexity index is 342. The first-order chi connectivity index (χ1) is 7.73. The SMILES string of the molecule is CCCCC(C)(C)N(C1CC1)S(=O)(=O)C(C)C. The van der Waals surface area contributed by atoms with Crippen LogP contribution in [0.15, 0.2) is 0 Å². The topological polar surface area (TPSA) is 37.4 Å². The molecule has 0 unspecified atom stereocenters. The number of hydrogen-bond donors (Lipinski definition) is 0. The lowest BCUT2D eigenvalue weighted by Crippen LogP contribution is -2.51. The van der Waals surface area contributed by atoms with Crippen LogP contribution in [0.3, 0.4) is 0 Å². The Balaban J connectivity index is 2.93. The van der Waals surface area contributed by atoms with Gasteiger partial charge in [-0.15, -0.1) is 0 Å². The molecule has 1 aliphatic rings. The van der Waals surface area contributed by atoms with Crippen molar-refractivity contribution in [2.45, 2.75) is 83.6 Å². The van der Waals surface area contributed by atoms with Crippen molar-refractivity contribution >= 4 is 10.0 Å². The fraction of sp³-hybridized carbons (Fsp3) is 1.00. The zero-order chi connectivity index (χ0) is 13.3. The van der Waals surface area contributed by atoms with Gasteiger partial charge >= 0.3 is 0 Å². The Morgan fingerprint density at radius 3 is 2.18 bits per heavy atom. The van der Waals surface area contributed by atoms with Crippen molar-refractivity contribution in [1.29, 1.82) is 0 Å². The van der Waals surface area contributed by atoms with Gasteiger partial charge in [-0.05, 0) is 47.0 Å². The molecule has 1 rings (SSSR count). The van der Waals surface area contributed by atoms with E-state index in [4.69, 9.17) is 0 Å². The van der Waals surface area contributed by atoms with Crippen LogP contribution in [-0.4, -0.2) is 29.6 Å². The predicted molar refractivity (Wildman–Crippen MR) is 72.5 cm³/mol. The zero-order valence-corrected chi connectivity index (χ0v) is 12.7. The molecule has 0 atom stereocenters. The third kappa shape index (κ3) is 3.44. The van der Waals surface area contributed by atoms with Crippen molar-refractivity contribution in [1.82, 2.24) is 4.31 Å². The largest absolute Gasteiger partial charge is 0.217 e. The van der Waals surface area contributed by atoms with E-state index in [1.807, 2.05) is 0 Å². The van der Waals surface area contributed by atoms with E-state index < -0.39 is 10.0 Å². The minimum Gasteiger partial charge on any atom is -0.212 e. The standard InChI is InChI=1S/C13H27NO2S/c1-6-7-10-13(4,5)14(12-8-9-12)17(15,16)11(2)3/h11-12H,6-10H2,1-5H3. The minimum absolute atomic E-state index is 0.236. The van der Waals surface area contributed by atoms with E-state index in [2.05, 4.69) is 20.8 Å². The van der Waals surface area contributed by atoms with Crippen molar-refractivity contribution in [3.05, 3.63) is 0 Å². The highest BCUT2D eigenvalue weighted by Gasteiger charge is 2.46. The number of rotatable bonds is 7. The summed E-state index contributed by atoms with van der Waals surface area (Å²) < 4.78 is 26.7. The van der Waals surface area contributed by atoms with E-state index in [0.29, 0.717) is 0 Å². The summed E-state index contributed by atoms with van der Waals surface area (Å²) in [6.45, 7) is 9.84. The van der Waals surface area contributed by atoms with E-state index in [9.17, 15) is 8.42 Å².